The summed E-state index contributed by atoms with van der Waals surface area (Å²) >= 11 is 7.31. The average Bonchev–Trinajstić information content (AvgIpc) is 2.24. The normalized spacial score (nSPS) is 12.6. The zero-order valence-electron chi connectivity index (χ0n) is 9.92. The highest BCUT2D eigenvalue weighted by Crippen LogP contribution is 2.24. The van der Waals surface area contributed by atoms with Crippen molar-refractivity contribution in [2.45, 2.75) is 26.0 Å². The van der Waals surface area contributed by atoms with Crippen molar-refractivity contribution in [2.24, 2.45) is 5.92 Å². The van der Waals surface area contributed by atoms with Gasteiger partial charge in [-0.2, -0.15) is 12.6 Å². The van der Waals surface area contributed by atoms with Gasteiger partial charge in [-0.25, -0.2) is 4.39 Å². The van der Waals surface area contributed by atoms with E-state index >= 15 is 0 Å². The monoisotopic (exact) mass is 319 g/mol. The smallest absolute Gasteiger partial charge is 0.237 e. The molecule has 0 spiro atoms. The minimum Gasteiger partial charge on any atom is -0.325 e. The van der Waals surface area contributed by atoms with Crippen molar-refractivity contribution in [3.63, 3.8) is 0 Å². The largest absolute Gasteiger partial charge is 0.325 e. The molecule has 1 rings (SSSR count). The van der Waals surface area contributed by atoms with Crippen LogP contribution in [0.2, 0.25) is 0 Å². The van der Waals surface area contributed by atoms with Crippen LogP contribution in [0.25, 0.3) is 0 Å². The molecule has 94 valence electrons. The Hall–Kier alpha value is -0.550. The zero-order chi connectivity index (χ0) is 13.2. The van der Waals surface area contributed by atoms with Gasteiger partial charge < -0.3 is 5.32 Å². The van der Waals surface area contributed by atoms with Crippen molar-refractivity contribution in [1.29, 1.82) is 0 Å². The minimum atomic E-state index is -0.402. The van der Waals surface area contributed by atoms with Gasteiger partial charge in [0.2, 0.25) is 5.91 Å². The van der Waals surface area contributed by atoms with Crippen LogP contribution >= 0.6 is 28.6 Å². The molecule has 1 atom stereocenters. The predicted molar refractivity (Wildman–Crippen MR) is 75.1 cm³/mol. The Morgan fingerprint density at radius 1 is 1.47 bits per heavy atom. The van der Waals surface area contributed by atoms with E-state index in [2.05, 4.69) is 33.9 Å². The Labute approximate surface area is 115 Å². The Morgan fingerprint density at radius 2 is 2.06 bits per heavy atom. The number of carbonyl (C=O) groups is 1. The molecular formula is C12H15BrFNOS. The average molecular weight is 320 g/mol. The fourth-order valence-electron chi connectivity index (χ4n) is 1.29. The summed E-state index contributed by atoms with van der Waals surface area (Å²) in [6, 6.07) is 2.94. The standard InChI is InChI=1S/C12H15BrFNOS/c1-6(2)11(17)12(16)15-10-5-9(14)8(13)4-7(10)3/h4-6,11,17H,1-3H3,(H,15,16). The van der Waals surface area contributed by atoms with Crippen molar-refractivity contribution in [3.8, 4) is 0 Å². The van der Waals surface area contributed by atoms with Gasteiger partial charge in [-0.15, -0.1) is 0 Å². The number of amides is 1. The molecule has 5 heteroatoms. The lowest BCUT2D eigenvalue weighted by Crippen LogP contribution is -2.27. The maximum atomic E-state index is 13.4. The zero-order valence-corrected chi connectivity index (χ0v) is 12.4. The third kappa shape index (κ3) is 3.71. The van der Waals surface area contributed by atoms with Gasteiger partial charge in [0.15, 0.2) is 0 Å². The molecule has 0 aromatic heterocycles. The molecule has 0 heterocycles. The van der Waals surface area contributed by atoms with Crippen LogP contribution in [-0.4, -0.2) is 11.2 Å². The van der Waals surface area contributed by atoms with Crippen LogP contribution in [0.5, 0.6) is 0 Å². The third-order valence-electron chi connectivity index (χ3n) is 2.43. The number of nitrogens with one attached hydrogen (secondary N) is 1. The van der Waals surface area contributed by atoms with E-state index in [-0.39, 0.29) is 11.8 Å². The second-order valence-electron chi connectivity index (χ2n) is 4.26. The molecule has 1 N–H and O–H groups in total. The fourth-order valence-corrected chi connectivity index (χ4v) is 1.81. The van der Waals surface area contributed by atoms with Crippen LogP contribution in [0.4, 0.5) is 10.1 Å². The van der Waals surface area contributed by atoms with Gasteiger partial charge in [-0.3, -0.25) is 4.79 Å². The number of halogens is 2. The maximum Gasteiger partial charge on any atom is 0.237 e. The maximum absolute atomic E-state index is 13.4. The molecule has 0 saturated carbocycles. The summed E-state index contributed by atoms with van der Waals surface area (Å²) in [5, 5.41) is 2.28. The number of rotatable bonds is 3. The summed E-state index contributed by atoms with van der Waals surface area (Å²) in [5.74, 6) is -0.488. The molecule has 1 unspecified atom stereocenters. The Bertz CT molecular complexity index is 437. The second kappa shape index (κ2) is 5.87. The number of hydrogen-bond acceptors (Lipinski definition) is 2. The molecule has 0 radical (unpaired) electrons. The van der Waals surface area contributed by atoms with E-state index in [4.69, 9.17) is 0 Å². The highest BCUT2D eigenvalue weighted by molar-refractivity contribution is 9.10. The number of hydrogen-bond donors (Lipinski definition) is 2. The topological polar surface area (TPSA) is 29.1 Å². The summed E-state index contributed by atoms with van der Waals surface area (Å²) in [5.41, 5.74) is 1.28. The summed E-state index contributed by atoms with van der Waals surface area (Å²) in [6.45, 7) is 5.63. The van der Waals surface area contributed by atoms with Crippen molar-refractivity contribution < 1.29 is 9.18 Å². The second-order valence-corrected chi connectivity index (χ2v) is 5.67. The summed E-state index contributed by atoms with van der Waals surface area (Å²) in [7, 11) is 0. The molecule has 1 aromatic carbocycles. The summed E-state index contributed by atoms with van der Waals surface area (Å²) in [6.07, 6.45) is 0. The fraction of sp³-hybridized carbons (Fsp3) is 0.417. The molecule has 0 aliphatic heterocycles. The minimum absolute atomic E-state index is 0.124. The summed E-state index contributed by atoms with van der Waals surface area (Å²) < 4.78 is 13.7. The van der Waals surface area contributed by atoms with Crippen molar-refractivity contribution in [3.05, 3.63) is 28.0 Å². The van der Waals surface area contributed by atoms with E-state index in [1.807, 2.05) is 20.8 Å². The van der Waals surface area contributed by atoms with Crippen LogP contribution in [0.3, 0.4) is 0 Å². The lowest BCUT2D eigenvalue weighted by atomic mass is 10.1. The van der Waals surface area contributed by atoms with Crippen LogP contribution in [0.15, 0.2) is 16.6 Å². The Kier molecular flexibility index (Phi) is 5.01. The molecule has 1 aromatic rings. The van der Waals surface area contributed by atoms with Gasteiger partial charge in [0.25, 0.3) is 0 Å². The SMILES string of the molecule is Cc1cc(Br)c(F)cc1NC(=O)C(S)C(C)C. The van der Waals surface area contributed by atoms with Crippen LogP contribution in [-0.2, 0) is 4.79 Å². The van der Waals surface area contributed by atoms with E-state index < -0.39 is 11.1 Å². The highest BCUT2D eigenvalue weighted by Gasteiger charge is 2.18. The van der Waals surface area contributed by atoms with Gasteiger partial charge in [0, 0.05) is 5.69 Å². The van der Waals surface area contributed by atoms with E-state index in [1.54, 1.807) is 6.07 Å². The first-order valence-electron chi connectivity index (χ1n) is 5.27. The quantitative estimate of drug-likeness (QED) is 0.815. The predicted octanol–water partition coefficient (Wildman–Crippen LogP) is 3.79. The number of aryl methyl sites for hydroxylation is 1. The first-order chi connectivity index (χ1) is 7.82. The number of carbonyl (C=O) groups excluding carboxylic acids is 1. The first kappa shape index (κ1) is 14.5. The number of anilines is 1. The lowest BCUT2D eigenvalue weighted by molar-refractivity contribution is -0.116. The molecule has 0 saturated heterocycles. The molecule has 1 amide bonds. The molecule has 0 aliphatic rings. The van der Waals surface area contributed by atoms with E-state index in [0.717, 1.165) is 5.56 Å². The van der Waals surface area contributed by atoms with Crippen molar-refractivity contribution in [2.75, 3.05) is 5.32 Å². The number of thiol groups is 1. The van der Waals surface area contributed by atoms with Crippen molar-refractivity contribution >= 4 is 40.2 Å². The van der Waals surface area contributed by atoms with Gasteiger partial charge in [0.1, 0.15) is 5.82 Å². The van der Waals surface area contributed by atoms with E-state index in [0.29, 0.717) is 10.2 Å². The molecule has 0 aliphatic carbocycles. The highest BCUT2D eigenvalue weighted by atomic mass is 79.9. The molecule has 17 heavy (non-hydrogen) atoms. The molecule has 2 nitrogen and oxygen atoms in total. The molecular weight excluding hydrogens is 305 g/mol. The lowest BCUT2D eigenvalue weighted by Gasteiger charge is -2.16. The van der Waals surface area contributed by atoms with Gasteiger partial charge >= 0.3 is 0 Å². The molecule has 0 fully saturated rings. The van der Waals surface area contributed by atoms with Crippen LogP contribution in [0, 0.1) is 18.7 Å². The van der Waals surface area contributed by atoms with Gasteiger partial charge in [-0.1, -0.05) is 13.8 Å². The first-order valence-corrected chi connectivity index (χ1v) is 6.58. The van der Waals surface area contributed by atoms with Gasteiger partial charge in [-0.05, 0) is 46.5 Å². The van der Waals surface area contributed by atoms with Crippen LogP contribution in [0.1, 0.15) is 19.4 Å². The van der Waals surface area contributed by atoms with Crippen molar-refractivity contribution in [1.82, 2.24) is 0 Å². The molecule has 0 bridgehead atoms. The Balaban J connectivity index is 2.89. The van der Waals surface area contributed by atoms with Crippen LogP contribution < -0.4 is 5.32 Å². The van der Waals surface area contributed by atoms with E-state index in [1.165, 1.54) is 6.07 Å². The van der Waals surface area contributed by atoms with E-state index in [9.17, 15) is 9.18 Å². The van der Waals surface area contributed by atoms with Gasteiger partial charge in [0.05, 0.1) is 9.72 Å². The number of benzene rings is 1. The summed E-state index contributed by atoms with van der Waals surface area (Å²) in [4.78, 5) is 11.8. The Morgan fingerprint density at radius 3 is 2.59 bits per heavy atom. The third-order valence-corrected chi connectivity index (χ3v) is 3.86.